The average Bonchev–Trinajstić information content (AvgIpc) is 1.83. The van der Waals surface area contributed by atoms with Crippen molar-refractivity contribution in [1.29, 1.82) is 0 Å². The lowest BCUT2D eigenvalue weighted by molar-refractivity contribution is -0.211. The second kappa shape index (κ2) is 3.18. The first-order valence-corrected chi connectivity index (χ1v) is 2.50. The predicted molar refractivity (Wildman–Crippen MR) is 27.1 cm³/mol. The first-order chi connectivity index (χ1) is 4.39. The molecule has 0 aliphatic rings. The number of aliphatic hydroxyl groups is 2. The van der Waals surface area contributed by atoms with Gasteiger partial charge in [-0.3, -0.25) is 0 Å². The lowest BCUT2D eigenvalue weighted by Crippen LogP contribution is -2.47. The minimum Gasteiger partial charge on any atom is -0.395 e. The maximum absolute atomic E-state index is 11.4. The Labute approximate surface area is 55.3 Å². The van der Waals surface area contributed by atoms with E-state index >= 15 is 0 Å². The van der Waals surface area contributed by atoms with E-state index in [0.29, 0.717) is 0 Å². The van der Waals surface area contributed by atoms with Crippen molar-refractivity contribution in [3.05, 3.63) is 0 Å². The van der Waals surface area contributed by atoms with E-state index in [4.69, 9.17) is 10.2 Å². The van der Waals surface area contributed by atoms with E-state index in [1.54, 1.807) is 0 Å². The van der Waals surface area contributed by atoms with E-state index in [2.05, 4.69) is 5.73 Å². The van der Waals surface area contributed by atoms with Gasteiger partial charge in [-0.2, -0.15) is 13.2 Å². The van der Waals surface area contributed by atoms with Crippen LogP contribution < -0.4 is 5.73 Å². The second-order valence-corrected chi connectivity index (χ2v) is 1.83. The van der Waals surface area contributed by atoms with Gasteiger partial charge in [-0.25, -0.2) is 0 Å². The summed E-state index contributed by atoms with van der Waals surface area (Å²) in [5.74, 6) is 0. The van der Waals surface area contributed by atoms with Gasteiger partial charge in [-0.1, -0.05) is 0 Å². The molecule has 0 aromatic rings. The minimum atomic E-state index is -4.75. The molecule has 0 aromatic heterocycles. The molecule has 0 amide bonds. The highest BCUT2D eigenvalue weighted by Crippen LogP contribution is 2.21. The first-order valence-electron chi connectivity index (χ1n) is 2.50. The largest absolute Gasteiger partial charge is 0.415 e. The number of halogens is 3. The standard InChI is InChI=1S/C4H8F3NO2/c5-4(6,7)3(10)2(8)1-9/h2-3,9-10H,1,8H2. The Hall–Kier alpha value is -0.330. The molecule has 0 aliphatic carbocycles. The van der Waals surface area contributed by atoms with Crippen LogP contribution in [-0.2, 0) is 0 Å². The fourth-order valence-electron chi connectivity index (χ4n) is 0.343. The van der Waals surface area contributed by atoms with Gasteiger partial charge in [-0.05, 0) is 0 Å². The van der Waals surface area contributed by atoms with Crippen LogP contribution in [0.5, 0.6) is 0 Å². The van der Waals surface area contributed by atoms with Crippen molar-refractivity contribution >= 4 is 0 Å². The zero-order chi connectivity index (χ0) is 8.36. The SMILES string of the molecule is NC(CO)C(O)C(F)(F)F. The van der Waals surface area contributed by atoms with E-state index in [0.717, 1.165) is 0 Å². The third-order valence-electron chi connectivity index (χ3n) is 0.952. The van der Waals surface area contributed by atoms with E-state index in [1.807, 2.05) is 0 Å². The monoisotopic (exact) mass is 159 g/mol. The molecule has 0 rings (SSSR count). The molecule has 0 aliphatic heterocycles. The molecule has 0 saturated carbocycles. The van der Waals surface area contributed by atoms with Gasteiger partial charge in [0.2, 0.25) is 0 Å². The van der Waals surface area contributed by atoms with Crippen molar-refractivity contribution in [3.63, 3.8) is 0 Å². The Morgan fingerprint density at radius 1 is 1.40 bits per heavy atom. The summed E-state index contributed by atoms with van der Waals surface area (Å²) in [5.41, 5.74) is 4.68. The van der Waals surface area contributed by atoms with Crippen LogP contribution in [0.2, 0.25) is 0 Å². The van der Waals surface area contributed by atoms with Gasteiger partial charge >= 0.3 is 6.18 Å². The average molecular weight is 159 g/mol. The highest BCUT2D eigenvalue weighted by atomic mass is 19.4. The van der Waals surface area contributed by atoms with Gasteiger partial charge in [0.05, 0.1) is 12.6 Å². The zero-order valence-corrected chi connectivity index (χ0v) is 4.97. The minimum absolute atomic E-state index is 0.888. The maximum Gasteiger partial charge on any atom is 0.415 e. The quantitative estimate of drug-likeness (QED) is 0.495. The number of hydrogen-bond donors (Lipinski definition) is 3. The molecule has 0 radical (unpaired) electrons. The predicted octanol–water partition coefficient (Wildman–Crippen LogP) is -0.771. The molecule has 0 saturated heterocycles. The highest BCUT2D eigenvalue weighted by molar-refractivity contribution is 4.76. The summed E-state index contributed by atoms with van der Waals surface area (Å²) in [7, 11) is 0. The van der Waals surface area contributed by atoms with Gasteiger partial charge in [0, 0.05) is 0 Å². The Morgan fingerprint density at radius 3 is 1.90 bits per heavy atom. The van der Waals surface area contributed by atoms with E-state index < -0.39 is 24.9 Å². The molecule has 0 spiro atoms. The smallest absolute Gasteiger partial charge is 0.395 e. The topological polar surface area (TPSA) is 66.5 Å². The number of alkyl halides is 3. The van der Waals surface area contributed by atoms with E-state index in [-0.39, 0.29) is 0 Å². The molecule has 3 nitrogen and oxygen atoms in total. The van der Waals surface area contributed by atoms with Crippen LogP contribution in [0, 0.1) is 0 Å². The fraction of sp³-hybridized carbons (Fsp3) is 1.00. The van der Waals surface area contributed by atoms with Crippen LogP contribution in [0.4, 0.5) is 13.2 Å². The van der Waals surface area contributed by atoms with Crippen LogP contribution in [0.3, 0.4) is 0 Å². The Morgan fingerprint density at radius 2 is 1.80 bits per heavy atom. The van der Waals surface area contributed by atoms with Gasteiger partial charge < -0.3 is 15.9 Å². The summed E-state index contributed by atoms with van der Waals surface area (Å²) in [5, 5.41) is 16.3. The van der Waals surface area contributed by atoms with Gasteiger partial charge in [0.1, 0.15) is 0 Å². The normalized spacial score (nSPS) is 18.6. The van der Waals surface area contributed by atoms with E-state index in [1.165, 1.54) is 0 Å². The van der Waals surface area contributed by atoms with Crippen LogP contribution in [0.15, 0.2) is 0 Å². The molecule has 6 heteroatoms. The summed E-state index contributed by atoms with van der Waals surface area (Å²) < 4.78 is 34.3. The molecule has 0 heterocycles. The van der Waals surface area contributed by atoms with Crippen molar-refractivity contribution < 1.29 is 23.4 Å². The summed E-state index contributed by atoms with van der Waals surface area (Å²) in [6.07, 6.45) is -7.39. The Bertz CT molecular complexity index is 105. The number of hydrogen-bond acceptors (Lipinski definition) is 3. The van der Waals surface area contributed by atoms with Crippen molar-refractivity contribution in [2.45, 2.75) is 18.3 Å². The van der Waals surface area contributed by atoms with Crippen molar-refractivity contribution in [2.75, 3.05) is 6.61 Å². The molecule has 0 aromatic carbocycles. The van der Waals surface area contributed by atoms with Gasteiger partial charge in [0.15, 0.2) is 6.10 Å². The van der Waals surface area contributed by atoms with E-state index in [9.17, 15) is 13.2 Å². The maximum atomic E-state index is 11.4. The summed E-state index contributed by atoms with van der Waals surface area (Å²) in [6, 6.07) is -1.65. The molecular formula is C4H8F3NO2. The lowest BCUT2D eigenvalue weighted by Gasteiger charge is -2.18. The van der Waals surface area contributed by atoms with Crippen LogP contribution in [0.1, 0.15) is 0 Å². The fourth-order valence-corrected chi connectivity index (χ4v) is 0.343. The van der Waals surface area contributed by atoms with Crippen molar-refractivity contribution in [1.82, 2.24) is 0 Å². The molecule has 4 N–H and O–H groups in total. The Kier molecular flexibility index (Phi) is 3.07. The van der Waals surface area contributed by atoms with Crippen LogP contribution in [-0.4, -0.2) is 35.1 Å². The number of nitrogens with two attached hydrogens (primary N) is 1. The molecular weight excluding hydrogens is 151 g/mol. The number of aliphatic hydroxyl groups excluding tert-OH is 2. The highest BCUT2D eigenvalue weighted by Gasteiger charge is 2.41. The number of rotatable bonds is 2. The summed E-state index contributed by atoms with van der Waals surface area (Å²) in [6.45, 7) is -0.888. The third-order valence-corrected chi connectivity index (χ3v) is 0.952. The van der Waals surface area contributed by atoms with Crippen LogP contribution in [0.25, 0.3) is 0 Å². The first kappa shape index (κ1) is 9.67. The van der Waals surface area contributed by atoms with Gasteiger partial charge in [0.25, 0.3) is 0 Å². The Balaban J connectivity index is 3.94. The molecule has 2 atom stereocenters. The third kappa shape index (κ3) is 2.51. The van der Waals surface area contributed by atoms with Crippen molar-refractivity contribution in [3.8, 4) is 0 Å². The summed E-state index contributed by atoms with van der Waals surface area (Å²) in [4.78, 5) is 0. The van der Waals surface area contributed by atoms with Crippen molar-refractivity contribution in [2.24, 2.45) is 5.73 Å². The second-order valence-electron chi connectivity index (χ2n) is 1.83. The lowest BCUT2D eigenvalue weighted by atomic mass is 10.2. The van der Waals surface area contributed by atoms with Crippen LogP contribution >= 0.6 is 0 Å². The molecule has 10 heavy (non-hydrogen) atoms. The zero-order valence-electron chi connectivity index (χ0n) is 4.97. The van der Waals surface area contributed by atoms with Gasteiger partial charge in [-0.15, -0.1) is 0 Å². The molecule has 2 unspecified atom stereocenters. The molecule has 0 fully saturated rings. The molecule has 0 bridgehead atoms. The summed E-state index contributed by atoms with van der Waals surface area (Å²) >= 11 is 0. The molecule has 62 valence electrons.